The van der Waals surface area contributed by atoms with Crippen LogP contribution in [0, 0.1) is 13.8 Å². The molecule has 2 heteroatoms. The van der Waals surface area contributed by atoms with Crippen molar-refractivity contribution >= 4 is 0 Å². The minimum Gasteiger partial charge on any atom is -0.379 e. The smallest absolute Gasteiger partial charge is 0.0765 e. The van der Waals surface area contributed by atoms with Crippen LogP contribution in [0.15, 0.2) is 18.2 Å². The van der Waals surface area contributed by atoms with E-state index in [-0.39, 0.29) is 12.1 Å². The van der Waals surface area contributed by atoms with E-state index in [1.54, 1.807) is 7.11 Å². The molecule has 0 aliphatic rings. The van der Waals surface area contributed by atoms with Gasteiger partial charge in [0.15, 0.2) is 0 Å². The quantitative estimate of drug-likeness (QED) is 0.816. The Balaban J connectivity index is 3.02. The minimum atomic E-state index is 0.241. The van der Waals surface area contributed by atoms with Crippen LogP contribution in [-0.2, 0) is 4.74 Å². The van der Waals surface area contributed by atoms with Crippen molar-refractivity contribution in [1.82, 2.24) is 5.32 Å². The van der Waals surface area contributed by atoms with Gasteiger partial charge in [-0.05, 0) is 38.4 Å². The lowest BCUT2D eigenvalue weighted by Crippen LogP contribution is -2.31. The molecular formula is C15H25NO. The van der Waals surface area contributed by atoms with Crippen molar-refractivity contribution in [2.24, 2.45) is 0 Å². The molecule has 2 unspecified atom stereocenters. The lowest BCUT2D eigenvalue weighted by molar-refractivity contribution is 0.0628. The first kappa shape index (κ1) is 14.2. The van der Waals surface area contributed by atoms with Crippen molar-refractivity contribution in [2.45, 2.75) is 45.8 Å². The van der Waals surface area contributed by atoms with Crippen LogP contribution < -0.4 is 5.32 Å². The van der Waals surface area contributed by atoms with E-state index in [1.165, 1.54) is 16.7 Å². The van der Waals surface area contributed by atoms with Crippen LogP contribution >= 0.6 is 0 Å². The molecule has 2 nitrogen and oxygen atoms in total. The topological polar surface area (TPSA) is 21.3 Å². The maximum atomic E-state index is 5.63. The molecule has 0 bridgehead atoms. The summed E-state index contributed by atoms with van der Waals surface area (Å²) in [5, 5.41) is 3.40. The maximum Gasteiger partial charge on any atom is 0.0765 e. The third-order valence-electron chi connectivity index (χ3n) is 3.33. The first-order valence-corrected chi connectivity index (χ1v) is 6.41. The molecule has 0 amide bonds. The molecule has 0 fully saturated rings. The second-order valence-electron chi connectivity index (χ2n) is 4.69. The number of likely N-dealkylation sites (N-methyl/N-ethyl adjacent to an activating group) is 1. The van der Waals surface area contributed by atoms with Gasteiger partial charge in [-0.15, -0.1) is 0 Å². The Kier molecular flexibility index (Phi) is 5.66. The van der Waals surface area contributed by atoms with Crippen molar-refractivity contribution in [3.63, 3.8) is 0 Å². The van der Waals surface area contributed by atoms with Crippen LogP contribution in [0.2, 0.25) is 0 Å². The highest BCUT2D eigenvalue weighted by molar-refractivity contribution is 5.33. The monoisotopic (exact) mass is 235 g/mol. The standard InChI is InChI=1S/C15H25NO/c1-6-7-14(17-5)15(16-4)13-10-11(2)8-9-12(13)3/h8-10,14-16H,6-7H2,1-5H3. The summed E-state index contributed by atoms with van der Waals surface area (Å²) in [6.07, 6.45) is 2.46. The Morgan fingerprint density at radius 1 is 1.29 bits per heavy atom. The number of rotatable bonds is 6. The number of nitrogens with one attached hydrogen (secondary N) is 1. The van der Waals surface area contributed by atoms with Gasteiger partial charge in [-0.1, -0.05) is 37.1 Å². The van der Waals surface area contributed by atoms with Crippen LogP contribution in [0.1, 0.15) is 42.5 Å². The molecule has 2 atom stereocenters. The molecule has 0 saturated heterocycles. The van der Waals surface area contributed by atoms with Gasteiger partial charge in [0.05, 0.1) is 12.1 Å². The highest BCUT2D eigenvalue weighted by Gasteiger charge is 2.22. The molecule has 0 radical (unpaired) electrons. The van der Waals surface area contributed by atoms with Gasteiger partial charge >= 0.3 is 0 Å². The average Bonchev–Trinajstić information content (AvgIpc) is 2.33. The predicted octanol–water partition coefficient (Wildman–Crippen LogP) is 3.38. The zero-order chi connectivity index (χ0) is 12.8. The van der Waals surface area contributed by atoms with E-state index in [4.69, 9.17) is 4.74 Å². The van der Waals surface area contributed by atoms with Gasteiger partial charge in [-0.2, -0.15) is 0 Å². The van der Waals surface area contributed by atoms with Gasteiger partial charge in [-0.25, -0.2) is 0 Å². The third kappa shape index (κ3) is 3.55. The van der Waals surface area contributed by atoms with E-state index >= 15 is 0 Å². The Morgan fingerprint density at radius 3 is 2.53 bits per heavy atom. The van der Waals surface area contributed by atoms with Crippen LogP contribution in [0.3, 0.4) is 0 Å². The normalized spacial score (nSPS) is 14.6. The molecule has 0 saturated carbocycles. The Hall–Kier alpha value is -0.860. The molecule has 1 rings (SSSR count). The fraction of sp³-hybridized carbons (Fsp3) is 0.600. The zero-order valence-electron chi connectivity index (χ0n) is 11.7. The van der Waals surface area contributed by atoms with E-state index < -0.39 is 0 Å². The lowest BCUT2D eigenvalue weighted by Gasteiger charge is -2.27. The van der Waals surface area contributed by atoms with Crippen molar-refractivity contribution in [3.8, 4) is 0 Å². The summed E-state index contributed by atoms with van der Waals surface area (Å²) in [4.78, 5) is 0. The molecular weight excluding hydrogens is 210 g/mol. The molecule has 17 heavy (non-hydrogen) atoms. The Morgan fingerprint density at radius 2 is 2.00 bits per heavy atom. The molecule has 96 valence electrons. The lowest BCUT2D eigenvalue weighted by atomic mass is 9.93. The fourth-order valence-corrected chi connectivity index (χ4v) is 2.34. The van der Waals surface area contributed by atoms with E-state index in [1.807, 2.05) is 7.05 Å². The largest absolute Gasteiger partial charge is 0.379 e. The van der Waals surface area contributed by atoms with E-state index in [9.17, 15) is 0 Å². The first-order chi connectivity index (χ1) is 8.13. The van der Waals surface area contributed by atoms with Crippen LogP contribution in [0.4, 0.5) is 0 Å². The van der Waals surface area contributed by atoms with Gasteiger partial charge in [-0.3, -0.25) is 0 Å². The summed E-state index contributed by atoms with van der Waals surface area (Å²) in [5.74, 6) is 0. The van der Waals surface area contributed by atoms with Gasteiger partial charge < -0.3 is 10.1 Å². The second kappa shape index (κ2) is 6.77. The molecule has 0 spiro atoms. The van der Waals surface area contributed by atoms with E-state index in [0.717, 1.165) is 12.8 Å². The van der Waals surface area contributed by atoms with Crippen molar-refractivity contribution in [3.05, 3.63) is 34.9 Å². The number of methoxy groups -OCH3 is 1. The van der Waals surface area contributed by atoms with Gasteiger partial charge in [0.2, 0.25) is 0 Å². The molecule has 0 heterocycles. The summed E-state index contributed by atoms with van der Waals surface area (Å²) in [5.41, 5.74) is 3.98. The fourth-order valence-electron chi connectivity index (χ4n) is 2.34. The summed E-state index contributed by atoms with van der Waals surface area (Å²) < 4.78 is 5.63. The average molecular weight is 235 g/mol. The van der Waals surface area contributed by atoms with Gasteiger partial charge in [0.25, 0.3) is 0 Å². The van der Waals surface area contributed by atoms with Crippen LogP contribution in [0.25, 0.3) is 0 Å². The molecule has 1 N–H and O–H groups in total. The summed E-state index contributed by atoms with van der Waals surface area (Å²) >= 11 is 0. The number of hydrogen-bond donors (Lipinski definition) is 1. The van der Waals surface area contributed by atoms with Crippen molar-refractivity contribution < 1.29 is 4.74 Å². The Bertz CT molecular complexity index is 349. The SMILES string of the molecule is CCCC(OC)C(NC)c1cc(C)ccc1C. The molecule has 0 aromatic heterocycles. The van der Waals surface area contributed by atoms with Gasteiger partial charge in [0.1, 0.15) is 0 Å². The maximum absolute atomic E-state index is 5.63. The van der Waals surface area contributed by atoms with Crippen molar-refractivity contribution in [1.29, 1.82) is 0 Å². The highest BCUT2D eigenvalue weighted by atomic mass is 16.5. The third-order valence-corrected chi connectivity index (χ3v) is 3.33. The number of aryl methyl sites for hydroxylation is 2. The number of ether oxygens (including phenoxy) is 1. The molecule has 0 aliphatic heterocycles. The molecule has 1 aromatic rings. The predicted molar refractivity (Wildman–Crippen MR) is 73.4 cm³/mol. The summed E-state index contributed by atoms with van der Waals surface area (Å²) in [6.45, 7) is 6.50. The van der Waals surface area contributed by atoms with Crippen molar-refractivity contribution in [2.75, 3.05) is 14.2 Å². The summed E-state index contributed by atoms with van der Waals surface area (Å²) in [7, 11) is 3.81. The Labute approximate surface area is 105 Å². The van der Waals surface area contributed by atoms with Crippen LogP contribution in [0.5, 0.6) is 0 Å². The second-order valence-corrected chi connectivity index (χ2v) is 4.69. The highest BCUT2D eigenvalue weighted by Crippen LogP contribution is 2.25. The molecule has 0 aliphatic carbocycles. The number of hydrogen-bond acceptors (Lipinski definition) is 2. The first-order valence-electron chi connectivity index (χ1n) is 6.41. The molecule has 1 aromatic carbocycles. The minimum absolute atomic E-state index is 0.241. The van der Waals surface area contributed by atoms with E-state index in [0.29, 0.717) is 0 Å². The number of benzene rings is 1. The van der Waals surface area contributed by atoms with Crippen LogP contribution in [-0.4, -0.2) is 20.3 Å². The summed E-state index contributed by atoms with van der Waals surface area (Å²) in [6, 6.07) is 6.89. The van der Waals surface area contributed by atoms with E-state index in [2.05, 4.69) is 44.3 Å². The zero-order valence-corrected chi connectivity index (χ0v) is 11.7. The van der Waals surface area contributed by atoms with Gasteiger partial charge in [0, 0.05) is 7.11 Å².